The molecule has 35 heavy (non-hydrogen) atoms. The summed E-state index contributed by atoms with van der Waals surface area (Å²) >= 11 is 8.23. The molecule has 0 aliphatic rings. The SMILES string of the molecule is C/C(=N\NC(=O)CN(c1cc(C(F)(F)F)ccc1Cl)S(=O)(=O)c1ccccc1)c1cccc(I)c1. The van der Waals surface area contributed by atoms with Gasteiger partial charge in [0.2, 0.25) is 0 Å². The van der Waals surface area contributed by atoms with Gasteiger partial charge in [-0.25, -0.2) is 13.8 Å². The monoisotopic (exact) mass is 635 g/mol. The van der Waals surface area contributed by atoms with Crippen LogP contribution in [0.1, 0.15) is 18.1 Å². The van der Waals surface area contributed by atoms with Crippen LogP contribution >= 0.6 is 34.2 Å². The lowest BCUT2D eigenvalue weighted by Gasteiger charge is -2.25. The summed E-state index contributed by atoms with van der Waals surface area (Å²) in [6.45, 7) is 0.787. The predicted molar refractivity (Wildman–Crippen MR) is 137 cm³/mol. The number of nitrogens with one attached hydrogen (secondary N) is 1. The number of alkyl halides is 3. The molecule has 3 aromatic carbocycles. The number of sulfonamides is 1. The third-order valence-corrected chi connectivity index (χ3v) is 7.52. The first-order valence-electron chi connectivity index (χ1n) is 9.93. The summed E-state index contributed by atoms with van der Waals surface area (Å²) in [4.78, 5) is 12.5. The fraction of sp³-hybridized carbons (Fsp3) is 0.130. The number of benzene rings is 3. The van der Waals surface area contributed by atoms with E-state index in [1.54, 1.807) is 19.1 Å². The van der Waals surface area contributed by atoms with Crippen LogP contribution in [-0.2, 0) is 21.0 Å². The molecule has 0 saturated heterocycles. The van der Waals surface area contributed by atoms with Crippen molar-refractivity contribution in [1.82, 2.24) is 5.43 Å². The number of halogens is 5. The number of hydrogen-bond acceptors (Lipinski definition) is 4. The highest BCUT2D eigenvalue weighted by Gasteiger charge is 2.34. The molecule has 3 aromatic rings. The molecule has 12 heteroatoms. The van der Waals surface area contributed by atoms with Crippen molar-refractivity contribution in [2.75, 3.05) is 10.8 Å². The third kappa shape index (κ3) is 6.73. The summed E-state index contributed by atoms with van der Waals surface area (Å²) < 4.78 is 68.2. The maximum Gasteiger partial charge on any atom is 0.416 e. The number of hydrogen-bond donors (Lipinski definition) is 1. The number of carbonyl (C=O) groups excluding carboxylic acids is 1. The second-order valence-electron chi connectivity index (χ2n) is 7.23. The molecule has 0 bridgehead atoms. The average Bonchev–Trinajstić information content (AvgIpc) is 2.81. The van der Waals surface area contributed by atoms with E-state index < -0.39 is 39.9 Å². The molecule has 0 atom stereocenters. The number of hydrazone groups is 1. The third-order valence-electron chi connectivity index (χ3n) is 4.75. The Morgan fingerprint density at radius 1 is 1.06 bits per heavy atom. The van der Waals surface area contributed by atoms with E-state index in [0.29, 0.717) is 16.1 Å². The normalized spacial score (nSPS) is 12.3. The van der Waals surface area contributed by atoms with Gasteiger partial charge in [0.1, 0.15) is 6.54 Å². The van der Waals surface area contributed by atoms with Crippen molar-refractivity contribution in [3.8, 4) is 0 Å². The van der Waals surface area contributed by atoms with E-state index in [-0.39, 0.29) is 9.92 Å². The van der Waals surface area contributed by atoms with E-state index in [9.17, 15) is 26.4 Å². The molecular formula is C23H18ClF3IN3O3S. The molecule has 0 radical (unpaired) electrons. The van der Waals surface area contributed by atoms with Gasteiger partial charge in [0.25, 0.3) is 15.9 Å². The van der Waals surface area contributed by atoms with Crippen LogP contribution in [0, 0.1) is 3.57 Å². The Balaban J connectivity index is 1.99. The van der Waals surface area contributed by atoms with Crippen molar-refractivity contribution in [3.05, 3.63) is 92.5 Å². The van der Waals surface area contributed by atoms with Gasteiger partial charge in [0.15, 0.2) is 0 Å². The minimum absolute atomic E-state index is 0.222. The van der Waals surface area contributed by atoms with Gasteiger partial charge in [-0.15, -0.1) is 0 Å². The summed E-state index contributed by atoms with van der Waals surface area (Å²) in [5.41, 5.74) is 1.84. The smallest absolute Gasteiger partial charge is 0.271 e. The van der Waals surface area contributed by atoms with Crippen LogP contribution in [-0.4, -0.2) is 26.6 Å². The predicted octanol–water partition coefficient (Wildman–Crippen LogP) is 5.70. The van der Waals surface area contributed by atoms with Gasteiger partial charge >= 0.3 is 6.18 Å². The zero-order valence-corrected chi connectivity index (χ0v) is 21.8. The van der Waals surface area contributed by atoms with E-state index in [2.05, 4.69) is 33.1 Å². The molecule has 0 fully saturated rings. The molecular weight excluding hydrogens is 618 g/mol. The van der Waals surface area contributed by atoms with Crippen LogP contribution in [0.25, 0.3) is 0 Å². The minimum Gasteiger partial charge on any atom is -0.271 e. The molecule has 3 rings (SSSR count). The quantitative estimate of drug-likeness (QED) is 0.206. The molecule has 1 N–H and O–H groups in total. The first-order chi connectivity index (χ1) is 16.4. The highest BCUT2D eigenvalue weighted by molar-refractivity contribution is 14.1. The molecule has 0 aliphatic carbocycles. The van der Waals surface area contributed by atoms with Crippen LogP contribution in [0.2, 0.25) is 5.02 Å². The molecule has 0 heterocycles. The molecule has 0 spiro atoms. The Hall–Kier alpha value is -2.64. The fourth-order valence-corrected chi connectivity index (χ4v) is 5.26. The molecule has 184 valence electrons. The summed E-state index contributed by atoms with van der Waals surface area (Å²) in [5.74, 6) is -0.872. The van der Waals surface area contributed by atoms with Crippen LogP contribution in [0.5, 0.6) is 0 Å². The number of anilines is 1. The zero-order valence-electron chi connectivity index (χ0n) is 18.1. The lowest BCUT2D eigenvalue weighted by atomic mass is 10.1. The van der Waals surface area contributed by atoms with Crippen LogP contribution in [0.3, 0.4) is 0 Å². The number of carbonyl (C=O) groups is 1. The van der Waals surface area contributed by atoms with Crippen molar-refractivity contribution in [3.63, 3.8) is 0 Å². The number of nitrogens with zero attached hydrogens (tertiary/aromatic N) is 2. The van der Waals surface area contributed by atoms with Gasteiger partial charge in [0, 0.05) is 3.57 Å². The second kappa shape index (κ2) is 11.0. The highest BCUT2D eigenvalue weighted by Crippen LogP contribution is 2.37. The highest BCUT2D eigenvalue weighted by atomic mass is 127. The minimum atomic E-state index is -4.75. The van der Waals surface area contributed by atoms with E-state index in [1.165, 1.54) is 24.3 Å². The lowest BCUT2D eigenvalue weighted by Crippen LogP contribution is -2.40. The lowest BCUT2D eigenvalue weighted by molar-refractivity contribution is -0.137. The molecule has 0 unspecified atom stereocenters. The fourth-order valence-electron chi connectivity index (χ4n) is 2.99. The largest absolute Gasteiger partial charge is 0.416 e. The van der Waals surface area contributed by atoms with Crippen molar-refractivity contribution in [2.45, 2.75) is 18.0 Å². The first kappa shape index (κ1) is 27.0. The summed E-state index contributed by atoms with van der Waals surface area (Å²) in [5, 5.41) is 3.72. The maximum atomic E-state index is 13.3. The van der Waals surface area contributed by atoms with E-state index >= 15 is 0 Å². The van der Waals surface area contributed by atoms with E-state index in [4.69, 9.17) is 11.6 Å². The maximum absolute atomic E-state index is 13.3. The Bertz CT molecular complexity index is 1370. The van der Waals surface area contributed by atoms with Crippen molar-refractivity contribution >= 4 is 61.5 Å². The van der Waals surface area contributed by atoms with Gasteiger partial charge in [-0.2, -0.15) is 18.3 Å². The first-order valence-corrected chi connectivity index (χ1v) is 12.8. The molecule has 0 aromatic heterocycles. The Kier molecular flexibility index (Phi) is 8.44. The van der Waals surface area contributed by atoms with Gasteiger partial charge in [-0.3, -0.25) is 9.10 Å². The Morgan fingerprint density at radius 3 is 2.37 bits per heavy atom. The number of rotatable bonds is 7. The Morgan fingerprint density at radius 2 is 1.74 bits per heavy atom. The molecule has 0 aliphatic heterocycles. The standard InChI is InChI=1S/C23H18ClF3IN3O3S/c1-15(16-6-5-7-18(28)12-16)29-30-22(32)14-31(35(33,34)19-8-3-2-4-9-19)21-13-17(23(25,26)27)10-11-20(21)24/h2-13H,14H2,1H3,(H,30,32)/b29-15+. The zero-order chi connectivity index (χ0) is 25.8. The van der Waals surface area contributed by atoms with Crippen LogP contribution in [0.15, 0.2) is 82.8 Å². The topological polar surface area (TPSA) is 78.8 Å². The van der Waals surface area contributed by atoms with Crippen molar-refractivity contribution < 1.29 is 26.4 Å². The van der Waals surface area contributed by atoms with Crippen molar-refractivity contribution in [1.29, 1.82) is 0 Å². The molecule has 1 amide bonds. The van der Waals surface area contributed by atoms with Gasteiger partial charge in [-0.1, -0.05) is 41.9 Å². The summed E-state index contributed by atoms with van der Waals surface area (Å²) in [6, 6.07) is 16.6. The summed E-state index contributed by atoms with van der Waals surface area (Å²) in [7, 11) is -4.46. The molecule has 0 saturated carbocycles. The summed E-state index contributed by atoms with van der Waals surface area (Å²) in [6.07, 6.45) is -4.75. The Labute approximate surface area is 219 Å². The number of amides is 1. The van der Waals surface area contributed by atoms with Gasteiger partial charge in [0.05, 0.1) is 26.9 Å². The van der Waals surface area contributed by atoms with Crippen LogP contribution < -0.4 is 9.73 Å². The second-order valence-corrected chi connectivity index (χ2v) is 10.7. The van der Waals surface area contributed by atoms with Crippen molar-refractivity contribution in [2.24, 2.45) is 5.10 Å². The van der Waals surface area contributed by atoms with E-state index in [0.717, 1.165) is 21.3 Å². The van der Waals surface area contributed by atoms with Gasteiger partial charge in [-0.05, 0) is 77.5 Å². The molecule has 6 nitrogen and oxygen atoms in total. The van der Waals surface area contributed by atoms with Crippen LogP contribution in [0.4, 0.5) is 18.9 Å². The van der Waals surface area contributed by atoms with E-state index in [1.807, 2.05) is 18.2 Å². The van der Waals surface area contributed by atoms with Gasteiger partial charge < -0.3 is 0 Å². The average molecular weight is 636 g/mol.